The first kappa shape index (κ1) is 11.8. The van der Waals surface area contributed by atoms with Crippen LogP contribution in [-0.2, 0) is 6.54 Å². The summed E-state index contributed by atoms with van der Waals surface area (Å²) in [6.45, 7) is 0.696. The minimum Gasteiger partial charge on any atom is -0.333 e. The predicted octanol–water partition coefficient (Wildman–Crippen LogP) is 3.78. The van der Waals surface area contributed by atoms with Gasteiger partial charge in [0, 0.05) is 35.2 Å². The first-order valence-electron chi connectivity index (χ1n) is 5.50. The average molecular weight is 281 g/mol. The van der Waals surface area contributed by atoms with Crippen LogP contribution < -0.4 is 0 Å². The molecule has 0 N–H and O–H groups in total. The second kappa shape index (κ2) is 4.78. The zero-order valence-electron chi connectivity index (χ0n) is 9.44. The Labute approximate surface area is 113 Å². The summed E-state index contributed by atoms with van der Waals surface area (Å²) in [7, 11) is 0. The van der Waals surface area contributed by atoms with E-state index in [1.54, 1.807) is 30.4 Å². The molecular weight excluding hydrogens is 271 g/mol. The van der Waals surface area contributed by atoms with Crippen molar-refractivity contribution in [2.75, 3.05) is 5.75 Å². The first-order chi connectivity index (χ1) is 8.74. The molecule has 0 unspecified atom stereocenters. The summed E-state index contributed by atoms with van der Waals surface area (Å²) >= 11 is 8.06. The van der Waals surface area contributed by atoms with Gasteiger partial charge in [0.25, 0.3) is 0 Å². The van der Waals surface area contributed by atoms with Gasteiger partial charge in [-0.05, 0) is 23.8 Å². The van der Waals surface area contributed by atoms with Gasteiger partial charge >= 0.3 is 0 Å². The molecule has 0 bridgehead atoms. The van der Waals surface area contributed by atoms with Gasteiger partial charge in [0.15, 0.2) is 0 Å². The van der Waals surface area contributed by atoms with Crippen molar-refractivity contribution in [1.29, 1.82) is 0 Å². The smallest absolute Gasteiger partial charge is 0.123 e. The summed E-state index contributed by atoms with van der Waals surface area (Å²) in [4.78, 5) is 5.04. The highest BCUT2D eigenvalue weighted by Crippen LogP contribution is 2.39. The van der Waals surface area contributed by atoms with Crippen molar-refractivity contribution < 1.29 is 4.39 Å². The highest BCUT2D eigenvalue weighted by molar-refractivity contribution is 7.99. The topological polar surface area (TPSA) is 17.8 Å². The van der Waals surface area contributed by atoms with E-state index < -0.39 is 0 Å². The largest absolute Gasteiger partial charge is 0.333 e. The third-order valence-corrected chi connectivity index (χ3v) is 4.45. The first-order valence-corrected chi connectivity index (χ1v) is 6.86. The van der Waals surface area contributed by atoms with Crippen LogP contribution in [0.15, 0.2) is 47.4 Å². The maximum atomic E-state index is 13.3. The molecule has 0 saturated carbocycles. The molecule has 2 heterocycles. The molecule has 2 aromatic rings. The molecule has 1 aromatic heterocycles. The van der Waals surface area contributed by atoms with Crippen molar-refractivity contribution in [1.82, 2.24) is 9.55 Å². The predicted molar refractivity (Wildman–Crippen MR) is 72.1 cm³/mol. The van der Waals surface area contributed by atoms with E-state index in [-0.39, 0.29) is 5.82 Å². The van der Waals surface area contributed by atoms with Crippen molar-refractivity contribution in [2.24, 2.45) is 0 Å². The van der Waals surface area contributed by atoms with Crippen LogP contribution >= 0.6 is 23.4 Å². The van der Waals surface area contributed by atoms with Gasteiger partial charge in [0.05, 0.1) is 11.4 Å². The van der Waals surface area contributed by atoms with Gasteiger partial charge in [-0.3, -0.25) is 0 Å². The number of fused-ring (bicyclic) bond motifs is 1. The van der Waals surface area contributed by atoms with Gasteiger partial charge in [-0.2, -0.15) is 0 Å². The molecule has 2 nitrogen and oxygen atoms in total. The Kier molecular flexibility index (Phi) is 3.14. The molecule has 0 atom stereocenters. The van der Waals surface area contributed by atoms with Crippen molar-refractivity contribution in [3.05, 3.63) is 53.9 Å². The van der Waals surface area contributed by atoms with Gasteiger partial charge < -0.3 is 4.57 Å². The third kappa shape index (κ3) is 2.18. The molecule has 1 aliphatic heterocycles. The molecule has 18 heavy (non-hydrogen) atoms. The minimum absolute atomic E-state index is 0.253. The number of thioether (sulfide) groups is 1. The highest BCUT2D eigenvalue weighted by atomic mass is 35.5. The second-order valence-electron chi connectivity index (χ2n) is 4.08. The quantitative estimate of drug-likeness (QED) is 0.833. The number of nitrogens with zero attached hydrogens (tertiary/aromatic N) is 2. The Morgan fingerprint density at radius 2 is 2.33 bits per heavy atom. The Hall–Kier alpha value is -1.26. The SMILES string of the molecule is Fc1ccc2c(c1)C(Cl)=C(Cn1ccnc1)CS2. The minimum atomic E-state index is -0.253. The number of hydrogen-bond acceptors (Lipinski definition) is 2. The molecule has 1 aromatic carbocycles. The van der Waals surface area contributed by atoms with Crippen LogP contribution in [0.1, 0.15) is 5.56 Å². The summed E-state index contributed by atoms with van der Waals surface area (Å²) in [5.74, 6) is 0.576. The number of benzene rings is 1. The molecule has 0 aliphatic carbocycles. The molecular formula is C13H10ClFN2S. The fraction of sp³-hybridized carbons (Fsp3) is 0.154. The van der Waals surface area contributed by atoms with Crippen LogP contribution in [0.5, 0.6) is 0 Å². The van der Waals surface area contributed by atoms with Gasteiger partial charge in [-0.25, -0.2) is 9.37 Å². The summed E-state index contributed by atoms with van der Waals surface area (Å²) in [6, 6.07) is 4.75. The van der Waals surface area contributed by atoms with E-state index >= 15 is 0 Å². The van der Waals surface area contributed by atoms with Crippen LogP contribution in [0.2, 0.25) is 0 Å². The molecule has 0 spiro atoms. The Balaban J connectivity index is 1.98. The fourth-order valence-electron chi connectivity index (χ4n) is 1.93. The van der Waals surface area contributed by atoms with Crippen LogP contribution in [0.4, 0.5) is 4.39 Å². The summed E-state index contributed by atoms with van der Waals surface area (Å²) in [6.07, 6.45) is 5.38. The highest BCUT2D eigenvalue weighted by Gasteiger charge is 2.18. The maximum absolute atomic E-state index is 13.3. The summed E-state index contributed by atoms with van der Waals surface area (Å²) in [5, 5.41) is 0.664. The second-order valence-corrected chi connectivity index (χ2v) is 5.48. The van der Waals surface area contributed by atoms with E-state index in [0.717, 1.165) is 21.8 Å². The lowest BCUT2D eigenvalue weighted by Gasteiger charge is -2.19. The molecule has 0 radical (unpaired) electrons. The molecule has 3 rings (SSSR count). The van der Waals surface area contributed by atoms with Gasteiger partial charge in [-0.15, -0.1) is 11.8 Å². The van der Waals surface area contributed by atoms with E-state index in [1.165, 1.54) is 12.1 Å². The summed E-state index contributed by atoms with van der Waals surface area (Å²) in [5.41, 5.74) is 1.89. The molecule has 0 amide bonds. The maximum Gasteiger partial charge on any atom is 0.123 e. The van der Waals surface area contributed by atoms with Crippen molar-refractivity contribution >= 4 is 28.4 Å². The monoisotopic (exact) mass is 280 g/mol. The lowest BCUT2D eigenvalue weighted by atomic mass is 10.1. The Morgan fingerprint density at radius 1 is 1.44 bits per heavy atom. The molecule has 0 fully saturated rings. The zero-order chi connectivity index (χ0) is 12.5. The van der Waals surface area contributed by atoms with Crippen LogP contribution in [0.3, 0.4) is 0 Å². The van der Waals surface area contributed by atoms with E-state index in [1.807, 2.05) is 10.8 Å². The van der Waals surface area contributed by atoms with E-state index in [9.17, 15) is 4.39 Å². The van der Waals surface area contributed by atoms with Crippen LogP contribution in [0, 0.1) is 5.82 Å². The zero-order valence-corrected chi connectivity index (χ0v) is 11.0. The Morgan fingerprint density at radius 3 is 3.11 bits per heavy atom. The number of rotatable bonds is 2. The van der Waals surface area contributed by atoms with Crippen molar-refractivity contribution in [3.8, 4) is 0 Å². The standard InChI is InChI=1S/C13H10ClFN2S/c14-13-9(6-17-4-3-16-8-17)7-18-12-2-1-10(15)5-11(12)13/h1-5,8H,6-7H2. The average Bonchev–Trinajstić information content (AvgIpc) is 2.86. The summed E-state index contributed by atoms with van der Waals surface area (Å²) < 4.78 is 15.2. The van der Waals surface area contributed by atoms with Crippen LogP contribution in [-0.4, -0.2) is 15.3 Å². The van der Waals surface area contributed by atoms with Crippen molar-refractivity contribution in [2.45, 2.75) is 11.4 Å². The van der Waals surface area contributed by atoms with Gasteiger partial charge in [0.2, 0.25) is 0 Å². The number of aromatic nitrogens is 2. The number of imidazole rings is 1. The molecule has 92 valence electrons. The van der Waals surface area contributed by atoms with Gasteiger partial charge in [0.1, 0.15) is 5.82 Å². The number of hydrogen-bond donors (Lipinski definition) is 0. The van der Waals surface area contributed by atoms with Crippen molar-refractivity contribution in [3.63, 3.8) is 0 Å². The van der Waals surface area contributed by atoms with E-state index in [2.05, 4.69) is 4.98 Å². The van der Waals surface area contributed by atoms with Crippen LogP contribution in [0.25, 0.3) is 5.03 Å². The third-order valence-electron chi connectivity index (χ3n) is 2.82. The molecule has 0 saturated heterocycles. The van der Waals surface area contributed by atoms with Gasteiger partial charge in [-0.1, -0.05) is 11.6 Å². The fourth-order valence-corrected chi connectivity index (χ4v) is 3.40. The van der Waals surface area contributed by atoms with E-state index in [4.69, 9.17) is 11.6 Å². The Bertz CT molecular complexity index is 607. The number of halogens is 2. The van der Waals surface area contributed by atoms with E-state index in [0.29, 0.717) is 11.6 Å². The lowest BCUT2D eigenvalue weighted by molar-refractivity contribution is 0.626. The molecule has 1 aliphatic rings. The lowest BCUT2D eigenvalue weighted by Crippen LogP contribution is -2.06. The normalized spacial score (nSPS) is 14.8. The molecule has 5 heteroatoms.